The second-order valence-corrected chi connectivity index (χ2v) is 9.18. The van der Waals surface area contributed by atoms with Crippen LogP contribution in [-0.4, -0.2) is 60.4 Å². The molecule has 0 saturated heterocycles. The van der Waals surface area contributed by atoms with Crippen LogP contribution in [0.15, 0.2) is 17.2 Å². The fraction of sp³-hybridized carbons (Fsp3) is 0.474. The normalized spacial score (nSPS) is 16.8. The van der Waals surface area contributed by atoms with Gasteiger partial charge in [-0.3, -0.25) is 0 Å². The minimum Gasteiger partial charge on any atom is -0.477 e. The molecule has 0 fully saturated rings. The number of ether oxygens (including phenoxy) is 1. The van der Waals surface area contributed by atoms with Crippen molar-refractivity contribution in [3.05, 3.63) is 34.5 Å². The summed E-state index contributed by atoms with van der Waals surface area (Å²) in [5.41, 5.74) is 5.66. The largest absolute Gasteiger partial charge is 0.477 e. The summed E-state index contributed by atoms with van der Waals surface area (Å²) in [6.07, 6.45) is 7.97. The molecule has 2 aromatic rings. The molecule has 1 aromatic carbocycles. The standard InChI is InChI=1S/C19H22N4O4S.Na/c24-19(22-28(25,26)16-11-20-23-8-3-9-27-18(16)23)21-17-14-6-1-4-12(14)10-13-5-2-7-15(13)17;/h10-11H,1-9H2,(H2,21,22,24);. The van der Waals surface area contributed by atoms with Gasteiger partial charge >= 0.3 is 6.03 Å². The fourth-order valence-corrected chi connectivity index (χ4v) is 5.50. The van der Waals surface area contributed by atoms with E-state index < -0.39 is 16.1 Å². The molecule has 0 atom stereocenters. The van der Waals surface area contributed by atoms with Gasteiger partial charge in [-0.05, 0) is 60.8 Å². The number of carbonyl (C=O) groups excluding carboxylic acids is 1. The third kappa shape index (κ3) is 3.69. The number of amides is 2. The van der Waals surface area contributed by atoms with E-state index >= 15 is 0 Å². The Morgan fingerprint density at radius 2 is 1.76 bits per heavy atom. The monoisotopic (exact) mass is 425 g/mol. The number of anilines is 1. The molecule has 2 heterocycles. The first-order chi connectivity index (χ1) is 13.5. The first kappa shape index (κ1) is 20.7. The SMILES string of the molecule is O=C(Nc1c2c(cc3c1CCC3)CCC2)NS(=O)(=O)c1cnn2c1OCCC2.[Na]. The van der Waals surface area contributed by atoms with Gasteiger partial charge in [0, 0.05) is 48.2 Å². The Bertz CT molecular complexity index is 1050. The van der Waals surface area contributed by atoms with Crippen LogP contribution in [0.25, 0.3) is 0 Å². The first-order valence-electron chi connectivity index (χ1n) is 9.72. The van der Waals surface area contributed by atoms with E-state index in [2.05, 4.69) is 21.2 Å². The summed E-state index contributed by atoms with van der Waals surface area (Å²) in [7, 11) is -4.08. The van der Waals surface area contributed by atoms with Gasteiger partial charge in [-0.25, -0.2) is 22.6 Å². The zero-order valence-corrected chi connectivity index (χ0v) is 19.3. The molecular formula is C19H22N4NaO4S. The number of benzene rings is 1. The Morgan fingerprint density at radius 3 is 2.45 bits per heavy atom. The van der Waals surface area contributed by atoms with Gasteiger partial charge in [-0.15, -0.1) is 0 Å². The number of aryl methyl sites for hydroxylation is 3. The summed E-state index contributed by atoms with van der Waals surface area (Å²) >= 11 is 0. The van der Waals surface area contributed by atoms with E-state index in [1.807, 2.05) is 0 Å². The maximum Gasteiger partial charge on any atom is 0.333 e. The van der Waals surface area contributed by atoms with E-state index in [0.29, 0.717) is 13.2 Å². The van der Waals surface area contributed by atoms with Gasteiger partial charge in [0.1, 0.15) is 0 Å². The van der Waals surface area contributed by atoms with Crippen LogP contribution in [0.3, 0.4) is 0 Å². The number of hydrogen-bond acceptors (Lipinski definition) is 5. The van der Waals surface area contributed by atoms with Gasteiger partial charge in [0.2, 0.25) is 5.88 Å². The first-order valence-corrected chi connectivity index (χ1v) is 11.2. The molecule has 1 radical (unpaired) electrons. The number of nitrogens with one attached hydrogen (secondary N) is 2. The molecule has 8 nitrogen and oxygen atoms in total. The van der Waals surface area contributed by atoms with E-state index in [1.54, 1.807) is 0 Å². The van der Waals surface area contributed by atoms with Crippen molar-refractivity contribution in [2.45, 2.75) is 56.4 Å². The van der Waals surface area contributed by atoms with Crippen LogP contribution in [0.2, 0.25) is 0 Å². The summed E-state index contributed by atoms with van der Waals surface area (Å²) in [6.45, 7) is 1.03. The van der Waals surface area contributed by atoms with Gasteiger partial charge < -0.3 is 10.1 Å². The Kier molecular flexibility index (Phi) is 5.67. The number of carbonyl (C=O) groups is 1. The predicted molar refractivity (Wildman–Crippen MR) is 108 cm³/mol. The average molecular weight is 425 g/mol. The van der Waals surface area contributed by atoms with Crippen molar-refractivity contribution < 1.29 is 17.9 Å². The van der Waals surface area contributed by atoms with Crippen LogP contribution >= 0.6 is 0 Å². The molecule has 1 aliphatic heterocycles. The second-order valence-electron chi connectivity index (χ2n) is 7.53. The zero-order chi connectivity index (χ0) is 19.3. The molecule has 29 heavy (non-hydrogen) atoms. The Balaban J connectivity index is 0.00000205. The number of sulfonamides is 1. The Labute approximate surface area is 191 Å². The number of rotatable bonds is 3. The third-order valence-corrected chi connectivity index (χ3v) is 7.05. The van der Waals surface area contributed by atoms with Crippen molar-refractivity contribution in [3.63, 3.8) is 0 Å². The van der Waals surface area contributed by atoms with Crippen LogP contribution in [-0.2, 0) is 42.3 Å². The van der Waals surface area contributed by atoms with Crippen molar-refractivity contribution in [2.75, 3.05) is 11.9 Å². The van der Waals surface area contributed by atoms with Crippen LogP contribution in [0, 0.1) is 0 Å². The van der Waals surface area contributed by atoms with E-state index in [-0.39, 0.29) is 40.3 Å². The van der Waals surface area contributed by atoms with Gasteiger partial charge in [0.15, 0.2) is 4.90 Å². The molecule has 0 saturated carbocycles. The number of hydrogen-bond donors (Lipinski definition) is 2. The topological polar surface area (TPSA) is 102 Å². The predicted octanol–water partition coefficient (Wildman–Crippen LogP) is 1.77. The summed E-state index contributed by atoms with van der Waals surface area (Å²) in [4.78, 5) is 12.5. The van der Waals surface area contributed by atoms with E-state index in [1.165, 1.54) is 22.0 Å². The summed E-state index contributed by atoms with van der Waals surface area (Å²) in [5.74, 6) is 0.188. The van der Waals surface area contributed by atoms with Crippen molar-refractivity contribution in [3.8, 4) is 5.88 Å². The van der Waals surface area contributed by atoms with E-state index in [4.69, 9.17) is 4.74 Å². The molecular weight excluding hydrogens is 403 g/mol. The molecule has 10 heteroatoms. The number of urea groups is 1. The fourth-order valence-electron chi connectivity index (χ4n) is 4.51. The van der Waals surface area contributed by atoms with Crippen LogP contribution in [0.1, 0.15) is 41.5 Å². The van der Waals surface area contributed by atoms with Crippen molar-refractivity contribution in [2.24, 2.45) is 0 Å². The van der Waals surface area contributed by atoms with Crippen LogP contribution in [0.4, 0.5) is 10.5 Å². The molecule has 5 rings (SSSR count). The number of nitrogens with zero attached hydrogens (tertiary/aromatic N) is 2. The molecule has 2 N–H and O–H groups in total. The molecule has 2 amide bonds. The van der Waals surface area contributed by atoms with Gasteiger partial charge in [0.05, 0.1) is 12.8 Å². The maximum absolute atomic E-state index is 12.7. The zero-order valence-electron chi connectivity index (χ0n) is 16.5. The second kappa shape index (κ2) is 7.94. The van der Waals surface area contributed by atoms with Gasteiger partial charge in [-0.1, -0.05) is 6.07 Å². The number of aromatic nitrogens is 2. The molecule has 0 unspecified atom stereocenters. The maximum atomic E-state index is 12.7. The molecule has 0 spiro atoms. The van der Waals surface area contributed by atoms with Gasteiger partial charge in [-0.2, -0.15) is 5.10 Å². The van der Waals surface area contributed by atoms with Crippen molar-refractivity contribution >= 4 is 51.3 Å². The number of fused-ring (bicyclic) bond motifs is 3. The molecule has 0 bridgehead atoms. The van der Waals surface area contributed by atoms with Crippen LogP contribution < -0.4 is 14.8 Å². The van der Waals surface area contributed by atoms with Crippen LogP contribution in [0.5, 0.6) is 5.88 Å². The minimum absolute atomic E-state index is 0. The van der Waals surface area contributed by atoms with Crippen molar-refractivity contribution in [1.82, 2.24) is 14.5 Å². The third-order valence-electron chi connectivity index (χ3n) is 5.74. The van der Waals surface area contributed by atoms with Gasteiger partial charge in [0.25, 0.3) is 10.0 Å². The summed E-state index contributed by atoms with van der Waals surface area (Å²) < 4.78 is 34.5. The smallest absolute Gasteiger partial charge is 0.333 e. The van der Waals surface area contributed by atoms with E-state index in [0.717, 1.165) is 61.8 Å². The molecule has 1 aromatic heterocycles. The quantitative estimate of drug-likeness (QED) is 0.730. The van der Waals surface area contributed by atoms with Crippen molar-refractivity contribution in [1.29, 1.82) is 0 Å². The molecule has 2 aliphatic carbocycles. The Hall–Kier alpha value is -1.55. The Morgan fingerprint density at radius 1 is 1.07 bits per heavy atom. The minimum atomic E-state index is -4.08. The average Bonchev–Trinajstić information content (AvgIpc) is 3.39. The summed E-state index contributed by atoms with van der Waals surface area (Å²) in [6, 6.07) is 1.52. The molecule has 3 aliphatic rings. The molecule has 149 valence electrons. The van der Waals surface area contributed by atoms with E-state index in [9.17, 15) is 13.2 Å². The summed E-state index contributed by atoms with van der Waals surface area (Å²) in [5, 5.41) is 6.89.